The lowest BCUT2D eigenvalue weighted by atomic mass is 9.95. The van der Waals surface area contributed by atoms with Crippen LogP contribution in [0.25, 0.3) is 11.0 Å². The van der Waals surface area contributed by atoms with Crippen LogP contribution in [0.1, 0.15) is 37.8 Å². The molecule has 0 aromatic carbocycles. The molecule has 0 atom stereocenters. The van der Waals surface area contributed by atoms with Gasteiger partial charge in [-0.2, -0.15) is 5.10 Å². The molecule has 0 spiro atoms. The van der Waals surface area contributed by atoms with E-state index in [0.717, 1.165) is 31.4 Å². The van der Waals surface area contributed by atoms with Crippen molar-refractivity contribution in [2.45, 2.75) is 51.6 Å². The first-order chi connectivity index (χ1) is 10.6. The normalized spacial score (nSPS) is 16.1. The van der Waals surface area contributed by atoms with Gasteiger partial charge in [-0.15, -0.1) is 0 Å². The first-order valence-corrected chi connectivity index (χ1v) is 7.74. The average molecular weight is 303 g/mol. The van der Waals surface area contributed by atoms with E-state index in [1.807, 2.05) is 6.92 Å². The van der Waals surface area contributed by atoms with Gasteiger partial charge in [0.05, 0.1) is 12.0 Å². The molecule has 0 radical (unpaired) electrons. The Kier molecular flexibility index (Phi) is 3.96. The van der Waals surface area contributed by atoms with Gasteiger partial charge in [0.2, 0.25) is 5.91 Å². The summed E-state index contributed by atoms with van der Waals surface area (Å²) < 4.78 is 2.96. The Labute approximate surface area is 128 Å². The summed E-state index contributed by atoms with van der Waals surface area (Å²) in [5.74, 6) is -0.136. The standard InChI is InChI=1S/C15H21N5O2/c1-10-13-14(18-19(10)2)15(22)20(9-16-13)8-12(21)17-11-6-4-3-5-7-11/h9,11H,3-8H2,1-2H3,(H,17,21). The topological polar surface area (TPSA) is 81.8 Å². The van der Waals surface area contributed by atoms with E-state index >= 15 is 0 Å². The van der Waals surface area contributed by atoms with Crippen LogP contribution in [0.2, 0.25) is 0 Å². The third kappa shape index (κ3) is 2.75. The van der Waals surface area contributed by atoms with Crippen LogP contribution in [0.5, 0.6) is 0 Å². The Balaban J connectivity index is 1.77. The fourth-order valence-electron chi connectivity index (χ4n) is 3.00. The van der Waals surface area contributed by atoms with E-state index in [1.165, 1.54) is 17.3 Å². The molecule has 7 nitrogen and oxygen atoms in total. The van der Waals surface area contributed by atoms with Crippen molar-refractivity contribution in [3.63, 3.8) is 0 Å². The lowest BCUT2D eigenvalue weighted by Gasteiger charge is -2.22. The van der Waals surface area contributed by atoms with Gasteiger partial charge in [-0.1, -0.05) is 19.3 Å². The molecule has 22 heavy (non-hydrogen) atoms. The zero-order valence-corrected chi connectivity index (χ0v) is 13.0. The minimum absolute atomic E-state index is 0.00606. The van der Waals surface area contributed by atoms with Crippen LogP contribution in [0.3, 0.4) is 0 Å². The number of amides is 1. The second-order valence-electron chi connectivity index (χ2n) is 5.99. The molecule has 1 aliphatic rings. The third-order valence-corrected chi connectivity index (χ3v) is 4.38. The number of hydrogen-bond acceptors (Lipinski definition) is 4. The third-order valence-electron chi connectivity index (χ3n) is 4.38. The van der Waals surface area contributed by atoms with Crippen LogP contribution >= 0.6 is 0 Å². The Morgan fingerprint density at radius 1 is 1.32 bits per heavy atom. The molecule has 118 valence electrons. The molecule has 0 unspecified atom stereocenters. The second kappa shape index (κ2) is 5.90. The van der Waals surface area contributed by atoms with Crippen molar-refractivity contribution < 1.29 is 4.79 Å². The zero-order valence-electron chi connectivity index (χ0n) is 13.0. The van der Waals surface area contributed by atoms with Gasteiger partial charge < -0.3 is 5.32 Å². The van der Waals surface area contributed by atoms with Gasteiger partial charge in [0.25, 0.3) is 5.56 Å². The van der Waals surface area contributed by atoms with Gasteiger partial charge in [0.15, 0.2) is 5.52 Å². The van der Waals surface area contributed by atoms with Crippen LogP contribution in [-0.4, -0.2) is 31.3 Å². The van der Waals surface area contributed by atoms with E-state index in [1.54, 1.807) is 11.7 Å². The Morgan fingerprint density at radius 3 is 2.77 bits per heavy atom. The number of nitrogens with zero attached hydrogens (tertiary/aromatic N) is 4. The maximum Gasteiger partial charge on any atom is 0.282 e. The fourth-order valence-corrected chi connectivity index (χ4v) is 3.00. The summed E-state index contributed by atoms with van der Waals surface area (Å²) in [4.78, 5) is 28.8. The maximum atomic E-state index is 12.4. The fraction of sp³-hybridized carbons (Fsp3) is 0.600. The van der Waals surface area contributed by atoms with Gasteiger partial charge in [-0.3, -0.25) is 18.8 Å². The van der Waals surface area contributed by atoms with Gasteiger partial charge in [0.1, 0.15) is 12.1 Å². The van der Waals surface area contributed by atoms with Gasteiger partial charge >= 0.3 is 0 Å². The van der Waals surface area contributed by atoms with E-state index in [0.29, 0.717) is 11.0 Å². The van der Waals surface area contributed by atoms with Crippen molar-refractivity contribution in [1.82, 2.24) is 24.6 Å². The molecule has 3 rings (SSSR count). The van der Waals surface area contributed by atoms with Crippen molar-refractivity contribution in [2.24, 2.45) is 7.05 Å². The first-order valence-electron chi connectivity index (χ1n) is 7.74. The summed E-state index contributed by atoms with van der Waals surface area (Å²) in [5.41, 5.74) is 1.47. The molecule has 2 aromatic heterocycles. The lowest BCUT2D eigenvalue weighted by Crippen LogP contribution is -2.39. The highest BCUT2D eigenvalue weighted by atomic mass is 16.2. The summed E-state index contributed by atoms with van der Waals surface area (Å²) in [6.07, 6.45) is 7.04. The molecule has 1 amide bonds. The highest BCUT2D eigenvalue weighted by molar-refractivity contribution is 5.78. The predicted octanol–water partition coefficient (Wildman–Crippen LogP) is 0.887. The monoisotopic (exact) mass is 303 g/mol. The van der Waals surface area contributed by atoms with E-state index in [4.69, 9.17) is 0 Å². The summed E-state index contributed by atoms with van der Waals surface area (Å²) in [5, 5.41) is 7.19. The quantitative estimate of drug-likeness (QED) is 0.913. The van der Waals surface area contributed by atoms with E-state index in [9.17, 15) is 9.59 Å². The number of carbonyl (C=O) groups excluding carboxylic acids is 1. The number of hydrogen-bond donors (Lipinski definition) is 1. The number of aryl methyl sites for hydroxylation is 2. The summed E-state index contributed by atoms with van der Waals surface area (Å²) in [7, 11) is 1.77. The van der Waals surface area contributed by atoms with Crippen LogP contribution in [-0.2, 0) is 18.4 Å². The highest BCUT2D eigenvalue weighted by Gasteiger charge is 2.17. The Morgan fingerprint density at radius 2 is 2.05 bits per heavy atom. The molecule has 7 heteroatoms. The molecule has 1 N–H and O–H groups in total. The molecule has 0 saturated heterocycles. The van der Waals surface area contributed by atoms with Gasteiger partial charge in [-0.05, 0) is 19.8 Å². The Hall–Kier alpha value is -2.18. The summed E-state index contributed by atoms with van der Waals surface area (Å²) >= 11 is 0. The van der Waals surface area contributed by atoms with Crippen molar-refractivity contribution in [3.8, 4) is 0 Å². The molecular weight excluding hydrogens is 282 g/mol. The minimum atomic E-state index is -0.271. The highest BCUT2D eigenvalue weighted by Crippen LogP contribution is 2.17. The number of fused-ring (bicyclic) bond motifs is 1. The average Bonchev–Trinajstić information content (AvgIpc) is 2.79. The predicted molar refractivity (Wildman–Crippen MR) is 82.5 cm³/mol. The van der Waals surface area contributed by atoms with Crippen molar-refractivity contribution in [3.05, 3.63) is 22.4 Å². The smallest absolute Gasteiger partial charge is 0.282 e. The van der Waals surface area contributed by atoms with Gasteiger partial charge in [-0.25, -0.2) is 4.98 Å². The molecule has 1 fully saturated rings. The van der Waals surface area contributed by atoms with Crippen molar-refractivity contribution >= 4 is 16.9 Å². The van der Waals surface area contributed by atoms with Crippen LogP contribution in [0.15, 0.2) is 11.1 Å². The summed E-state index contributed by atoms with van der Waals surface area (Å²) in [6.45, 7) is 1.86. The molecule has 1 saturated carbocycles. The maximum absolute atomic E-state index is 12.4. The number of aromatic nitrogens is 4. The van der Waals surface area contributed by atoms with E-state index in [2.05, 4.69) is 15.4 Å². The van der Waals surface area contributed by atoms with Gasteiger partial charge in [0, 0.05) is 13.1 Å². The van der Waals surface area contributed by atoms with Crippen LogP contribution < -0.4 is 10.9 Å². The largest absolute Gasteiger partial charge is 0.352 e. The molecular formula is C15H21N5O2. The SMILES string of the molecule is Cc1c2ncn(CC(=O)NC3CCCCC3)c(=O)c2nn1C. The molecule has 1 aliphatic carbocycles. The van der Waals surface area contributed by atoms with Crippen molar-refractivity contribution in [1.29, 1.82) is 0 Å². The molecule has 2 aromatic rings. The number of rotatable bonds is 3. The van der Waals surface area contributed by atoms with Crippen LogP contribution in [0.4, 0.5) is 0 Å². The van der Waals surface area contributed by atoms with E-state index < -0.39 is 0 Å². The minimum Gasteiger partial charge on any atom is -0.352 e. The zero-order chi connectivity index (χ0) is 15.7. The van der Waals surface area contributed by atoms with Crippen LogP contribution in [0, 0.1) is 6.92 Å². The molecule has 0 aliphatic heterocycles. The molecule has 0 bridgehead atoms. The number of nitrogens with one attached hydrogen (secondary N) is 1. The molecule has 2 heterocycles. The first kappa shape index (κ1) is 14.7. The summed E-state index contributed by atoms with van der Waals surface area (Å²) in [6, 6.07) is 0.241. The second-order valence-corrected chi connectivity index (χ2v) is 5.99. The van der Waals surface area contributed by atoms with E-state index in [-0.39, 0.29) is 24.1 Å². The Bertz CT molecular complexity index is 755. The lowest BCUT2D eigenvalue weighted by molar-refractivity contribution is -0.122. The van der Waals surface area contributed by atoms with Crippen molar-refractivity contribution in [2.75, 3.05) is 0 Å². The number of carbonyl (C=O) groups is 1.